The molecule has 0 aliphatic heterocycles. The van der Waals surface area contributed by atoms with Gasteiger partial charge in [-0.15, -0.1) is 0 Å². The number of amides is 1. The molecule has 3 aliphatic rings. The largest absolute Gasteiger partial charge is 0.361 e. The highest BCUT2D eigenvalue weighted by atomic mass is 16.1. The van der Waals surface area contributed by atoms with Gasteiger partial charge in [0.25, 0.3) is 0 Å². The van der Waals surface area contributed by atoms with E-state index >= 15 is 0 Å². The fourth-order valence-corrected chi connectivity index (χ4v) is 3.88. The smallest absolute Gasteiger partial charge is 0.247 e. The van der Waals surface area contributed by atoms with Crippen LogP contribution in [-0.2, 0) is 4.79 Å². The summed E-state index contributed by atoms with van der Waals surface area (Å²) in [5.41, 5.74) is 3.29. The highest BCUT2D eigenvalue weighted by Crippen LogP contribution is 2.58. The maximum atomic E-state index is 11.5. The van der Waals surface area contributed by atoms with Crippen molar-refractivity contribution in [3.05, 3.63) is 49.4 Å². The van der Waals surface area contributed by atoms with Gasteiger partial charge in [-0.3, -0.25) is 4.79 Å². The van der Waals surface area contributed by atoms with Gasteiger partial charge in [0.05, 0.1) is 11.9 Å². The van der Waals surface area contributed by atoms with Gasteiger partial charge in [-0.1, -0.05) is 18.7 Å². The topological polar surface area (TPSA) is 84.2 Å². The molecule has 2 aromatic heterocycles. The van der Waals surface area contributed by atoms with E-state index in [9.17, 15) is 4.79 Å². The van der Waals surface area contributed by atoms with Gasteiger partial charge in [0, 0.05) is 16.8 Å². The summed E-state index contributed by atoms with van der Waals surface area (Å²) in [5, 5.41) is 10.7. The van der Waals surface area contributed by atoms with Gasteiger partial charge in [-0.2, -0.15) is 5.10 Å². The Hall–Kier alpha value is -3.22. The Labute approximate surface area is 150 Å². The minimum Gasteiger partial charge on any atom is -0.361 e. The van der Waals surface area contributed by atoms with Crippen LogP contribution in [0.1, 0.15) is 19.3 Å². The molecule has 1 amide bonds. The third-order valence-corrected chi connectivity index (χ3v) is 5.29. The molecule has 3 saturated carbocycles. The lowest BCUT2D eigenvalue weighted by atomic mass is 9.50. The predicted octanol–water partition coefficient (Wildman–Crippen LogP) is 2.88. The lowest BCUT2D eigenvalue weighted by Gasteiger charge is -2.62. The molecule has 0 atom stereocenters. The van der Waals surface area contributed by atoms with Crippen molar-refractivity contribution < 1.29 is 4.79 Å². The van der Waals surface area contributed by atoms with Crippen LogP contribution in [-0.4, -0.2) is 31.0 Å². The van der Waals surface area contributed by atoms with Crippen molar-refractivity contribution in [1.29, 1.82) is 0 Å². The number of anilines is 2. The Morgan fingerprint density at radius 3 is 2.92 bits per heavy atom. The molecule has 0 saturated heterocycles. The summed E-state index contributed by atoms with van der Waals surface area (Å²) in [5.74, 6) is 1.40. The molecule has 7 nitrogen and oxygen atoms in total. The summed E-state index contributed by atoms with van der Waals surface area (Å²) in [6, 6.07) is 7.56. The number of carbonyl (C=O) groups is 1. The van der Waals surface area contributed by atoms with Crippen LogP contribution in [0.15, 0.2) is 49.4 Å². The second kappa shape index (κ2) is 5.39. The van der Waals surface area contributed by atoms with Crippen molar-refractivity contribution in [2.75, 3.05) is 10.6 Å². The van der Waals surface area contributed by atoms with Crippen molar-refractivity contribution in [1.82, 2.24) is 19.6 Å². The molecule has 3 aromatic rings. The third-order valence-electron chi connectivity index (χ3n) is 5.29. The normalized spacial score (nSPS) is 23.0. The van der Waals surface area contributed by atoms with Crippen molar-refractivity contribution >= 4 is 23.1 Å². The zero-order valence-corrected chi connectivity index (χ0v) is 14.1. The van der Waals surface area contributed by atoms with E-state index in [1.165, 1.54) is 31.7 Å². The highest BCUT2D eigenvalue weighted by Gasteiger charge is 2.57. The van der Waals surface area contributed by atoms with Crippen LogP contribution in [0.2, 0.25) is 0 Å². The van der Waals surface area contributed by atoms with E-state index < -0.39 is 0 Å². The second-order valence-corrected chi connectivity index (χ2v) is 7.16. The van der Waals surface area contributed by atoms with Crippen LogP contribution in [0, 0.1) is 5.92 Å². The first-order valence-electron chi connectivity index (χ1n) is 8.67. The molecule has 2 N–H and O–H groups in total. The molecule has 7 heteroatoms. The van der Waals surface area contributed by atoms with E-state index in [1.807, 2.05) is 30.5 Å². The van der Waals surface area contributed by atoms with Crippen molar-refractivity contribution in [2.45, 2.75) is 24.8 Å². The zero-order valence-electron chi connectivity index (χ0n) is 14.1. The van der Waals surface area contributed by atoms with Crippen LogP contribution in [0.25, 0.3) is 16.9 Å². The van der Waals surface area contributed by atoms with E-state index in [0.29, 0.717) is 5.69 Å². The molecule has 26 heavy (non-hydrogen) atoms. The third kappa shape index (κ3) is 2.35. The molecule has 2 heterocycles. The molecular formula is C19H18N6O. The monoisotopic (exact) mass is 346 g/mol. The summed E-state index contributed by atoms with van der Waals surface area (Å²) in [4.78, 5) is 20.7. The molecule has 2 bridgehead atoms. The van der Waals surface area contributed by atoms with Gasteiger partial charge in [0.1, 0.15) is 6.33 Å². The van der Waals surface area contributed by atoms with Crippen molar-refractivity contribution in [2.24, 2.45) is 5.92 Å². The lowest BCUT2D eigenvalue weighted by molar-refractivity contribution is -0.111. The number of benzene rings is 1. The Morgan fingerprint density at radius 1 is 1.35 bits per heavy atom. The number of aromatic nitrogens is 4. The Balaban J connectivity index is 1.53. The summed E-state index contributed by atoms with van der Waals surface area (Å²) in [6.45, 7) is 3.48. The molecular weight excluding hydrogens is 328 g/mol. The molecule has 0 spiro atoms. The minimum absolute atomic E-state index is 0.197. The van der Waals surface area contributed by atoms with E-state index in [4.69, 9.17) is 4.98 Å². The molecule has 0 radical (unpaired) electrons. The number of hydrogen-bond acceptors (Lipinski definition) is 5. The van der Waals surface area contributed by atoms with Gasteiger partial charge in [-0.25, -0.2) is 14.5 Å². The van der Waals surface area contributed by atoms with Crippen molar-refractivity contribution in [3.8, 4) is 11.3 Å². The Kier molecular flexibility index (Phi) is 3.12. The van der Waals surface area contributed by atoms with E-state index in [0.717, 1.165) is 28.6 Å². The van der Waals surface area contributed by atoms with E-state index in [2.05, 4.69) is 27.3 Å². The van der Waals surface area contributed by atoms with Gasteiger partial charge in [-0.05, 0) is 43.4 Å². The number of nitrogens with one attached hydrogen (secondary N) is 2. The average Bonchev–Trinajstić information content (AvgIpc) is 3.05. The van der Waals surface area contributed by atoms with Gasteiger partial charge >= 0.3 is 0 Å². The standard InChI is InChI=1S/C19H18N6O/c1-2-16(26)22-14-5-3-4-13(6-14)15-10-25-18(20-11-21-25)17(23-15)24-19-7-12(8-19)9-19/h2-6,10-12H,1,7-9H2,(H,22,26)(H,23,24). The van der Waals surface area contributed by atoms with E-state index in [1.54, 1.807) is 4.52 Å². The average molecular weight is 346 g/mol. The molecule has 1 aromatic carbocycles. The maximum absolute atomic E-state index is 11.5. The van der Waals surface area contributed by atoms with E-state index in [-0.39, 0.29) is 11.4 Å². The second-order valence-electron chi connectivity index (χ2n) is 7.16. The highest BCUT2D eigenvalue weighted by molar-refractivity contribution is 5.99. The number of fused-ring (bicyclic) bond motifs is 1. The summed E-state index contributed by atoms with van der Waals surface area (Å²) < 4.78 is 1.74. The summed E-state index contributed by atoms with van der Waals surface area (Å²) in [7, 11) is 0. The van der Waals surface area contributed by atoms with Gasteiger partial charge < -0.3 is 10.6 Å². The predicted molar refractivity (Wildman–Crippen MR) is 98.7 cm³/mol. The SMILES string of the molecule is C=CC(=O)Nc1cccc(-c2cn3ncnc3c(NC34CC(C3)C4)n2)c1. The Morgan fingerprint density at radius 2 is 2.19 bits per heavy atom. The molecule has 0 unspecified atom stereocenters. The zero-order chi connectivity index (χ0) is 17.7. The summed E-state index contributed by atoms with van der Waals surface area (Å²) >= 11 is 0. The first-order chi connectivity index (χ1) is 12.6. The molecule has 3 fully saturated rings. The van der Waals surface area contributed by atoms with Crippen LogP contribution in [0.5, 0.6) is 0 Å². The van der Waals surface area contributed by atoms with Crippen LogP contribution >= 0.6 is 0 Å². The maximum Gasteiger partial charge on any atom is 0.247 e. The fraction of sp³-hybridized carbons (Fsp3) is 0.263. The quantitative estimate of drug-likeness (QED) is 0.694. The molecule has 130 valence electrons. The first kappa shape index (κ1) is 15.1. The number of hydrogen-bond donors (Lipinski definition) is 2. The number of rotatable bonds is 5. The minimum atomic E-state index is -0.243. The number of nitrogens with zero attached hydrogens (tertiary/aromatic N) is 4. The first-order valence-corrected chi connectivity index (χ1v) is 8.67. The van der Waals surface area contributed by atoms with Gasteiger partial charge in [0.15, 0.2) is 11.5 Å². The summed E-state index contributed by atoms with van der Waals surface area (Å²) in [6.07, 6.45) is 8.27. The van der Waals surface area contributed by atoms with Gasteiger partial charge in [0.2, 0.25) is 5.91 Å². The van der Waals surface area contributed by atoms with Crippen LogP contribution in [0.3, 0.4) is 0 Å². The lowest BCUT2D eigenvalue weighted by Crippen LogP contribution is -2.63. The molecule has 6 rings (SSSR count). The van der Waals surface area contributed by atoms with Crippen molar-refractivity contribution in [3.63, 3.8) is 0 Å². The molecule has 3 aliphatic carbocycles. The fourth-order valence-electron chi connectivity index (χ4n) is 3.88. The van der Waals surface area contributed by atoms with Crippen LogP contribution < -0.4 is 10.6 Å². The Bertz CT molecular complexity index is 1020. The number of carbonyl (C=O) groups excluding carboxylic acids is 1. The van der Waals surface area contributed by atoms with Crippen LogP contribution in [0.4, 0.5) is 11.5 Å².